The van der Waals surface area contributed by atoms with Crippen LogP contribution in [0, 0.1) is 11.6 Å². The van der Waals surface area contributed by atoms with Crippen LogP contribution in [0.15, 0.2) is 66.9 Å². The lowest BCUT2D eigenvalue weighted by atomic mass is 10.1. The molecule has 37 heavy (non-hydrogen) atoms. The van der Waals surface area contributed by atoms with Gasteiger partial charge in [-0.3, -0.25) is 0 Å². The summed E-state index contributed by atoms with van der Waals surface area (Å²) in [5.74, 6) is -0.547. The largest absolute Gasteiger partial charge is 0.497 e. The van der Waals surface area contributed by atoms with Gasteiger partial charge in [0.25, 0.3) is 0 Å². The van der Waals surface area contributed by atoms with Crippen molar-refractivity contribution in [2.75, 3.05) is 19.5 Å². The van der Waals surface area contributed by atoms with Crippen LogP contribution in [0.5, 0.6) is 17.4 Å². The Bertz CT molecular complexity index is 1590. The molecule has 0 amide bonds. The summed E-state index contributed by atoms with van der Waals surface area (Å²) in [7, 11) is 3.10. The summed E-state index contributed by atoms with van der Waals surface area (Å²) in [4.78, 5) is 8.79. The first kappa shape index (κ1) is 24.3. The van der Waals surface area contributed by atoms with Crippen molar-refractivity contribution in [2.45, 2.75) is 6.54 Å². The predicted octanol–water partition coefficient (Wildman–Crippen LogP) is 6.54. The molecule has 5 aromatic rings. The summed E-state index contributed by atoms with van der Waals surface area (Å²) < 4.78 is 41.5. The summed E-state index contributed by atoms with van der Waals surface area (Å²) in [6.07, 6.45) is 1.59. The molecule has 3 aromatic carbocycles. The van der Waals surface area contributed by atoms with Crippen molar-refractivity contribution >= 4 is 34.0 Å². The van der Waals surface area contributed by atoms with Gasteiger partial charge in [-0.25, -0.2) is 18.7 Å². The van der Waals surface area contributed by atoms with Gasteiger partial charge in [0.15, 0.2) is 5.82 Å². The number of benzene rings is 3. The van der Waals surface area contributed by atoms with Gasteiger partial charge in [-0.05, 0) is 48.5 Å². The van der Waals surface area contributed by atoms with E-state index in [1.54, 1.807) is 61.4 Å². The van der Waals surface area contributed by atoms with Gasteiger partial charge in [0.05, 0.1) is 31.8 Å². The number of nitrogens with zero attached hydrogens (tertiary/aromatic N) is 3. The van der Waals surface area contributed by atoms with Gasteiger partial charge >= 0.3 is 0 Å². The molecule has 0 atom stereocenters. The number of ether oxygens (including phenoxy) is 2. The zero-order valence-electron chi connectivity index (χ0n) is 19.8. The number of hydrogen-bond acceptors (Lipinski definition) is 6. The molecule has 0 fully saturated rings. The summed E-state index contributed by atoms with van der Waals surface area (Å²) in [6.45, 7) is 0.221. The highest BCUT2D eigenvalue weighted by molar-refractivity contribution is 6.30. The number of fused-ring (bicyclic) bond motifs is 1. The molecular formula is C27H21ClF2N4O3. The minimum Gasteiger partial charge on any atom is -0.497 e. The Kier molecular flexibility index (Phi) is 6.54. The average molecular weight is 523 g/mol. The third-order valence-corrected chi connectivity index (χ3v) is 6.09. The Morgan fingerprint density at radius 1 is 0.973 bits per heavy atom. The fourth-order valence-electron chi connectivity index (χ4n) is 4.01. The second kappa shape index (κ2) is 9.94. The molecule has 0 unspecified atom stereocenters. The molecule has 188 valence electrons. The molecule has 0 spiro atoms. The second-order valence-corrected chi connectivity index (χ2v) is 8.58. The number of nitrogens with one attached hydrogen (secondary N) is 1. The van der Waals surface area contributed by atoms with E-state index in [1.807, 2.05) is 6.07 Å². The highest BCUT2D eigenvalue weighted by atomic mass is 35.5. The SMILES string of the molecule is COc1ccc(Cn2cc3nc(-c4c(F)cccc4F)nc(Nc4ccc(Cl)cc4)c3c2O)c(OC)c1. The minimum atomic E-state index is -0.802. The van der Waals surface area contributed by atoms with E-state index in [2.05, 4.69) is 15.3 Å². The monoisotopic (exact) mass is 522 g/mol. The summed E-state index contributed by atoms with van der Waals surface area (Å²) in [5.41, 5.74) is 1.29. The quantitative estimate of drug-likeness (QED) is 0.252. The van der Waals surface area contributed by atoms with Crippen LogP contribution in [0.1, 0.15) is 5.56 Å². The Labute approximate surface area is 215 Å². The van der Waals surface area contributed by atoms with Crippen molar-refractivity contribution < 1.29 is 23.4 Å². The van der Waals surface area contributed by atoms with E-state index in [0.29, 0.717) is 22.2 Å². The van der Waals surface area contributed by atoms with Crippen LogP contribution in [-0.4, -0.2) is 33.9 Å². The predicted molar refractivity (Wildman–Crippen MR) is 138 cm³/mol. The summed E-state index contributed by atoms with van der Waals surface area (Å²) >= 11 is 6.00. The molecule has 0 saturated heterocycles. The van der Waals surface area contributed by atoms with Crippen molar-refractivity contribution in [3.63, 3.8) is 0 Å². The molecule has 10 heteroatoms. The zero-order valence-corrected chi connectivity index (χ0v) is 20.6. The van der Waals surface area contributed by atoms with Gasteiger partial charge in [-0.15, -0.1) is 0 Å². The van der Waals surface area contributed by atoms with Gasteiger partial charge in [0.1, 0.15) is 34.3 Å². The number of rotatable bonds is 7. The van der Waals surface area contributed by atoms with Crippen LogP contribution in [0.25, 0.3) is 22.3 Å². The lowest BCUT2D eigenvalue weighted by molar-refractivity contribution is 0.387. The van der Waals surface area contributed by atoms with Gasteiger partial charge in [-0.2, -0.15) is 0 Å². The third-order valence-electron chi connectivity index (χ3n) is 5.84. The number of aromatic hydroxyl groups is 1. The maximum absolute atomic E-state index is 14.6. The lowest BCUT2D eigenvalue weighted by Crippen LogP contribution is -2.01. The molecule has 7 nitrogen and oxygen atoms in total. The number of hydrogen-bond donors (Lipinski definition) is 2. The maximum atomic E-state index is 14.6. The molecule has 0 aliphatic carbocycles. The van der Waals surface area contributed by atoms with Gasteiger partial charge in [-0.1, -0.05) is 17.7 Å². The number of methoxy groups -OCH3 is 2. The highest BCUT2D eigenvalue weighted by Crippen LogP contribution is 2.37. The second-order valence-electron chi connectivity index (χ2n) is 8.14. The molecule has 2 aromatic heterocycles. The molecular weight excluding hydrogens is 502 g/mol. The highest BCUT2D eigenvalue weighted by Gasteiger charge is 2.22. The van der Waals surface area contributed by atoms with E-state index in [4.69, 9.17) is 21.1 Å². The summed E-state index contributed by atoms with van der Waals surface area (Å²) in [5, 5.41) is 15.1. The Balaban J connectivity index is 1.66. The van der Waals surface area contributed by atoms with Crippen LogP contribution in [0.3, 0.4) is 0 Å². The molecule has 2 N–H and O–H groups in total. The first-order valence-corrected chi connectivity index (χ1v) is 11.5. The van der Waals surface area contributed by atoms with E-state index in [9.17, 15) is 13.9 Å². The van der Waals surface area contributed by atoms with E-state index in [1.165, 1.54) is 6.07 Å². The van der Waals surface area contributed by atoms with E-state index in [-0.39, 0.29) is 40.5 Å². The Morgan fingerprint density at radius 2 is 1.70 bits per heavy atom. The van der Waals surface area contributed by atoms with Crippen molar-refractivity contribution in [1.29, 1.82) is 0 Å². The molecule has 5 rings (SSSR count). The van der Waals surface area contributed by atoms with Crippen LogP contribution in [0.4, 0.5) is 20.3 Å². The Hall–Kier alpha value is -4.37. The van der Waals surface area contributed by atoms with E-state index >= 15 is 0 Å². The van der Waals surface area contributed by atoms with Crippen LogP contribution in [0.2, 0.25) is 5.02 Å². The van der Waals surface area contributed by atoms with Crippen molar-refractivity contribution in [2.24, 2.45) is 0 Å². The van der Waals surface area contributed by atoms with Crippen molar-refractivity contribution in [1.82, 2.24) is 14.5 Å². The number of anilines is 2. The molecule has 2 heterocycles. The van der Waals surface area contributed by atoms with Gasteiger partial charge < -0.3 is 24.5 Å². The number of halogens is 3. The lowest BCUT2D eigenvalue weighted by Gasteiger charge is -2.12. The van der Waals surface area contributed by atoms with Crippen LogP contribution in [-0.2, 0) is 6.54 Å². The molecule has 0 radical (unpaired) electrons. The van der Waals surface area contributed by atoms with E-state index < -0.39 is 11.6 Å². The first-order valence-electron chi connectivity index (χ1n) is 11.2. The zero-order chi connectivity index (χ0) is 26.1. The van der Waals surface area contributed by atoms with Gasteiger partial charge in [0.2, 0.25) is 5.88 Å². The molecule has 0 aliphatic heterocycles. The van der Waals surface area contributed by atoms with Gasteiger partial charge in [0, 0.05) is 28.5 Å². The summed E-state index contributed by atoms with van der Waals surface area (Å²) in [6, 6.07) is 15.7. The molecule has 0 bridgehead atoms. The standard InChI is InChI=1S/C27H21ClF2N4O3/c1-36-18-11-6-15(22(12-18)37-2)13-34-14-21-24(27(34)35)26(31-17-9-7-16(28)8-10-17)33-25(32-21)23-19(29)4-3-5-20(23)30/h3-12,14,35H,13H2,1-2H3,(H,31,32,33). The van der Waals surface area contributed by atoms with Crippen LogP contribution >= 0.6 is 11.6 Å². The first-order chi connectivity index (χ1) is 17.9. The Morgan fingerprint density at radius 3 is 2.38 bits per heavy atom. The fraction of sp³-hybridized carbons (Fsp3) is 0.111. The van der Waals surface area contributed by atoms with Crippen LogP contribution < -0.4 is 14.8 Å². The third kappa shape index (κ3) is 4.73. The smallest absolute Gasteiger partial charge is 0.204 e. The molecule has 0 saturated carbocycles. The maximum Gasteiger partial charge on any atom is 0.204 e. The fourth-order valence-corrected chi connectivity index (χ4v) is 4.14. The molecule has 0 aliphatic rings. The minimum absolute atomic E-state index is 0.134. The van der Waals surface area contributed by atoms with Crippen molar-refractivity contribution in [3.05, 3.63) is 89.1 Å². The topological polar surface area (TPSA) is 81.4 Å². The van der Waals surface area contributed by atoms with E-state index in [0.717, 1.165) is 17.7 Å². The number of aromatic nitrogens is 3. The average Bonchev–Trinajstić information content (AvgIpc) is 3.20. The van der Waals surface area contributed by atoms with Crippen molar-refractivity contribution in [3.8, 4) is 28.8 Å². The normalized spacial score (nSPS) is 11.1.